The van der Waals surface area contributed by atoms with Crippen LogP contribution in [0.25, 0.3) is 11.2 Å². The number of thioether (sulfide) groups is 1. The largest absolute Gasteiger partial charge is 0.412 e. The van der Waals surface area contributed by atoms with Gasteiger partial charge in [0.1, 0.15) is 10.1 Å². The van der Waals surface area contributed by atoms with Gasteiger partial charge >= 0.3 is 0 Å². The molecule has 0 aliphatic carbocycles. The average molecular weight is 245 g/mol. The Bertz CT molecular complexity index is 415. The Kier molecular flexibility index (Phi) is 2.06. The van der Waals surface area contributed by atoms with Crippen molar-refractivity contribution in [2.75, 3.05) is 6.26 Å². The lowest BCUT2D eigenvalue weighted by atomic mass is 10.5. The van der Waals surface area contributed by atoms with Gasteiger partial charge in [0.2, 0.25) is 5.71 Å². The van der Waals surface area contributed by atoms with Gasteiger partial charge in [0.25, 0.3) is 5.22 Å². The summed E-state index contributed by atoms with van der Waals surface area (Å²) in [6.45, 7) is 0. The van der Waals surface area contributed by atoms with Crippen molar-refractivity contribution >= 4 is 38.9 Å². The molecule has 2 aromatic rings. The van der Waals surface area contributed by atoms with Gasteiger partial charge in [-0.3, -0.25) is 0 Å². The second-order valence-corrected chi connectivity index (χ2v) is 3.71. The Morgan fingerprint density at radius 3 is 3.00 bits per heavy atom. The second kappa shape index (κ2) is 3.06. The van der Waals surface area contributed by atoms with Crippen molar-refractivity contribution in [1.29, 1.82) is 0 Å². The molecule has 0 aliphatic rings. The van der Waals surface area contributed by atoms with Crippen molar-refractivity contribution in [2.45, 2.75) is 5.22 Å². The summed E-state index contributed by atoms with van der Waals surface area (Å²) in [6, 6.07) is 3.71. The molecular weight excluding hydrogens is 240 g/mol. The monoisotopic (exact) mass is 244 g/mol. The normalized spacial score (nSPS) is 10.8. The molecule has 0 amide bonds. The molecule has 2 rings (SSSR count). The number of aromatic nitrogens is 2. The van der Waals surface area contributed by atoms with Gasteiger partial charge in [-0.1, -0.05) is 11.8 Å². The maximum Gasteiger partial charge on any atom is 0.258 e. The summed E-state index contributed by atoms with van der Waals surface area (Å²) >= 11 is 4.73. The smallest absolute Gasteiger partial charge is 0.258 e. The van der Waals surface area contributed by atoms with E-state index in [-0.39, 0.29) is 0 Å². The first-order valence-electron chi connectivity index (χ1n) is 3.26. The molecule has 2 heterocycles. The van der Waals surface area contributed by atoms with Gasteiger partial charge in [-0.15, -0.1) is 0 Å². The minimum atomic E-state index is 0.578. The number of oxazole rings is 1. The minimum Gasteiger partial charge on any atom is -0.412 e. The summed E-state index contributed by atoms with van der Waals surface area (Å²) in [7, 11) is 0. The van der Waals surface area contributed by atoms with Crippen molar-refractivity contribution in [3.63, 3.8) is 0 Å². The summed E-state index contributed by atoms with van der Waals surface area (Å²) in [4.78, 5) is 8.30. The molecule has 0 unspecified atom stereocenters. The third-order valence-electron chi connectivity index (χ3n) is 1.38. The molecule has 3 nitrogen and oxygen atoms in total. The molecule has 0 bridgehead atoms. The molecule has 0 aromatic carbocycles. The lowest BCUT2D eigenvalue weighted by Gasteiger charge is -1.85. The molecule has 5 heteroatoms. The van der Waals surface area contributed by atoms with Crippen molar-refractivity contribution in [1.82, 2.24) is 9.97 Å². The van der Waals surface area contributed by atoms with Crippen molar-refractivity contribution in [3.8, 4) is 0 Å². The Hall–Kier alpha value is -0.550. The molecule has 2 aromatic heterocycles. The summed E-state index contributed by atoms with van der Waals surface area (Å²) in [6.07, 6.45) is 1.92. The van der Waals surface area contributed by atoms with Crippen LogP contribution in [-0.2, 0) is 0 Å². The van der Waals surface area contributed by atoms with Crippen LogP contribution in [0, 0.1) is 0 Å². The molecule has 0 atom stereocenters. The van der Waals surface area contributed by atoms with E-state index in [1.165, 1.54) is 11.8 Å². The highest BCUT2D eigenvalue weighted by molar-refractivity contribution is 9.10. The fourth-order valence-electron chi connectivity index (χ4n) is 0.862. The third kappa shape index (κ3) is 1.34. The van der Waals surface area contributed by atoms with E-state index in [0.29, 0.717) is 10.9 Å². The molecule has 0 saturated carbocycles. The quantitative estimate of drug-likeness (QED) is 0.572. The molecule has 62 valence electrons. The van der Waals surface area contributed by atoms with Crippen LogP contribution in [-0.4, -0.2) is 16.2 Å². The van der Waals surface area contributed by atoms with Crippen LogP contribution in [0.2, 0.25) is 0 Å². The first kappa shape index (κ1) is 8.07. The van der Waals surface area contributed by atoms with Crippen LogP contribution < -0.4 is 0 Å². The Labute approximate surface area is 81.7 Å². The fraction of sp³-hybridized carbons (Fsp3) is 0.143. The van der Waals surface area contributed by atoms with E-state index in [9.17, 15) is 0 Å². The van der Waals surface area contributed by atoms with E-state index in [1.54, 1.807) is 0 Å². The SMILES string of the molecule is CSc1nc2ccc(Br)nc2o1. The van der Waals surface area contributed by atoms with Gasteiger partial charge in [0.15, 0.2) is 0 Å². The molecule has 0 radical (unpaired) electrons. The number of pyridine rings is 1. The predicted octanol–water partition coefficient (Wildman–Crippen LogP) is 2.71. The highest BCUT2D eigenvalue weighted by Crippen LogP contribution is 2.21. The van der Waals surface area contributed by atoms with E-state index in [0.717, 1.165) is 10.1 Å². The zero-order chi connectivity index (χ0) is 8.55. The summed E-state index contributed by atoms with van der Waals surface area (Å²) in [5, 5.41) is 0.649. The number of hydrogen-bond donors (Lipinski definition) is 0. The van der Waals surface area contributed by atoms with Crippen molar-refractivity contribution < 1.29 is 4.42 Å². The third-order valence-corrected chi connectivity index (χ3v) is 2.34. The van der Waals surface area contributed by atoms with Crippen molar-refractivity contribution in [2.24, 2.45) is 0 Å². The zero-order valence-corrected chi connectivity index (χ0v) is 8.65. The van der Waals surface area contributed by atoms with Crippen LogP contribution >= 0.6 is 27.7 Å². The molecular formula is C7H5BrN2OS. The second-order valence-electron chi connectivity index (χ2n) is 2.14. The fourth-order valence-corrected chi connectivity index (χ4v) is 1.51. The minimum absolute atomic E-state index is 0.578. The highest BCUT2D eigenvalue weighted by Gasteiger charge is 2.04. The van der Waals surface area contributed by atoms with Crippen LogP contribution in [0.4, 0.5) is 0 Å². The van der Waals surface area contributed by atoms with Crippen LogP contribution in [0.3, 0.4) is 0 Å². The number of rotatable bonds is 1. The summed E-state index contributed by atoms with van der Waals surface area (Å²) < 4.78 is 6.07. The maximum absolute atomic E-state index is 5.31. The number of fused-ring (bicyclic) bond motifs is 1. The van der Waals surface area contributed by atoms with Crippen LogP contribution in [0.15, 0.2) is 26.4 Å². The van der Waals surface area contributed by atoms with E-state index in [1.807, 2.05) is 18.4 Å². The molecule has 12 heavy (non-hydrogen) atoms. The van der Waals surface area contributed by atoms with Gasteiger partial charge < -0.3 is 4.42 Å². The van der Waals surface area contributed by atoms with E-state index in [4.69, 9.17) is 4.42 Å². The lowest BCUT2D eigenvalue weighted by molar-refractivity contribution is 0.482. The standard InChI is InChI=1S/C7H5BrN2OS/c1-12-7-9-4-2-3-5(8)10-6(4)11-7/h2-3H,1H3. The number of hydrogen-bond acceptors (Lipinski definition) is 4. The van der Waals surface area contributed by atoms with Gasteiger partial charge in [0, 0.05) is 0 Å². The topological polar surface area (TPSA) is 38.9 Å². The maximum atomic E-state index is 5.31. The molecule has 0 saturated heterocycles. The first-order valence-corrected chi connectivity index (χ1v) is 5.28. The molecule has 0 fully saturated rings. The van der Waals surface area contributed by atoms with Gasteiger partial charge in [0.05, 0.1) is 0 Å². The lowest BCUT2D eigenvalue weighted by Crippen LogP contribution is -1.74. The molecule has 0 spiro atoms. The van der Waals surface area contributed by atoms with Crippen LogP contribution in [0.1, 0.15) is 0 Å². The summed E-state index contributed by atoms with van der Waals surface area (Å²) in [5.74, 6) is 0. The van der Waals surface area contributed by atoms with E-state index in [2.05, 4.69) is 25.9 Å². The number of halogens is 1. The van der Waals surface area contributed by atoms with Crippen molar-refractivity contribution in [3.05, 3.63) is 16.7 Å². The van der Waals surface area contributed by atoms with E-state index < -0.39 is 0 Å². The van der Waals surface area contributed by atoms with E-state index >= 15 is 0 Å². The number of nitrogens with zero attached hydrogens (tertiary/aromatic N) is 2. The first-order chi connectivity index (χ1) is 5.79. The van der Waals surface area contributed by atoms with Gasteiger partial charge in [-0.2, -0.15) is 0 Å². The highest BCUT2D eigenvalue weighted by atomic mass is 79.9. The Morgan fingerprint density at radius 1 is 1.42 bits per heavy atom. The summed E-state index contributed by atoms with van der Waals surface area (Å²) in [5.41, 5.74) is 1.37. The van der Waals surface area contributed by atoms with Gasteiger partial charge in [-0.05, 0) is 34.3 Å². The zero-order valence-electron chi connectivity index (χ0n) is 6.24. The van der Waals surface area contributed by atoms with Gasteiger partial charge in [-0.25, -0.2) is 9.97 Å². The molecule has 0 N–H and O–H groups in total. The Balaban J connectivity index is 2.67. The average Bonchev–Trinajstić information content (AvgIpc) is 2.46. The predicted molar refractivity (Wildman–Crippen MR) is 51.3 cm³/mol. The van der Waals surface area contributed by atoms with Crippen LogP contribution in [0.5, 0.6) is 0 Å². The Morgan fingerprint density at radius 2 is 2.25 bits per heavy atom. The molecule has 0 aliphatic heterocycles.